The Hall–Kier alpha value is -1.63. The summed E-state index contributed by atoms with van der Waals surface area (Å²) < 4.78 is 8.05. The molecule has 1 aromatic carbocycles. The third-order valence-electron chi connectivity index (χ3n) is 2.38. The van der Waals surface area contributed by atoms with Crippen LogP contribution in [-0.4, -0.2) is 18.5 Å². The van der Waals surface area contributed by atoms with E-state index in [1.54, 1.807) is 36.6 Å². The number of hydrogen-bond acceptors (Lipinski definition) is 4. The molecule has 0 aliphatic carbocycles. The average molecular weight is 344 g/mol. The fraction of sp³-hybridized carbons (Fsp3) is 0.0769. The smallest absolute Gasteiger partial charge is 0.345 e. The number of nitrogens with one attached hydrogen (secondary N) is 2. The molecule has 0 radical (unpaired) electrons. The summed E-state index contributed by atoms with van der Waals surface area (Å²) in [5, 5.41) is 4.70. The molecular formula is C13H11Cl2N3O2S. The van der Waals surface area contributed by atoms with Gasteiger partial charge in [-0.25, -0.2) is 10.2 Å². The van der Waals surface area contributed by atoms with E-state index in [2.05, 4.69) is 15.2 Å². The maximum Gasteiger partial charge on any atom is 0.345 e. The molecule has 2 N–H and O–H groups in total. The van der Waals surface area contributed by atoms with E-state index in [-0.39, 0.29) is 0 Å². The molecule has 0 aliphatic rings. The van der Waals surface area contributed by atoms with Crippen LogP contribution < -0.4 is 10.1 Å². The van der Waals surface area contributed by atoms with Crippen molar-refractivity contribution in [1.82, 2.24) is 10.1 Å². The molecule has 2 rings (SSSR count). The number of urea groups is 1. The molecule has 21 heavy (non-hydrogen) atoms. The molecule has 0 saturated heterocycles. The van der Waals surface area contributed by atoms with Gasteiger partial charge in [0.25, 0.3) is 0 Å². The van der Waals surface area contributed by atoms with Crippen LogP contribution in [0.4, 0.5) is 4.79 Å². The van der Waals surface area contributed by atoms with Crippen LogP contribution in [0.5, 0.6) is 0 Å². The van der Waals surface area contributed by atoms with E-state index in [4.69, 9.17) is 27.6 Å². The fourth-order valence-corrected chi connectivity index (χ4v) is 2.03. The molecule has 1 aromatic heterocycles. The van der Waals surface area contributed by atoms with Crippen LogP contribution >= 0.6 is 35.1 Å². The molecular weight excluding hydrogens is 333 g/mol. The van der Waals surface area contributed by atoms with Gasteiger partial charge in [0.05, 0.1) is 16.3 Å². The summed E-state index contributed by atoms with van der Waals surface area (Å²) in [6.07, 6.45) is 3.14. The third kappa shape index (κ3) is 4.42. The minimum Gasteiger partial charge on any atom is -0.455 e. The average Bonchev–Trinajstić information content (AvgIpc) is 2.91. The molecule has 8 heteroatoms. The number of furan rings is 1. The van der Waals surface area contributed by atoms with Gasteiger partial charge in [0.2, 0.25) is 0 Å². The molecule has 0 atom stereocenters. The quantitative estimate of drug-likeness (QED) is 0.497. The van der Waals surface area contributed by atoms with Crippen molar-refractivity contribution in [2.24, 2.45) is 5.10 Å². The zero-order valence-corrected chi connectivity index (χ0v) is 13.2. The Kier molecular flexibility index (Phi) is 5.55. The minimum atomic E-state index is -0.407. The Morgan fingerprint density at radius 1 is 1.29 bits per heavy atom. The van der Waals surface area contributed by atoms with Crippen LogP contribution in [0.1, 0.15) is 5.76 Å². The summed E-state index contributed by atoms with van der Waals surface area (Å²) in [6, 6.07) is 8.32. The molecule has 1 heterocycles. The molecule has 0 saturated carbocycles. The fourth-order valence-electron chi connectivity index (χ4n) is 1.50. The van der Waals surface area contributed by atoms with Gasteiger partial charge in [0, 0.05) is 11.8 Å². The predicted octanol–water partition coefficient (Wildman–Crippen LogP) is 4.16. The van der Waals surface area contributed by atoms with Crippen LogP contribution in [0.3, 0.4) is 0 Å². The van der Waals surface area contributed by atoms with Gasteiger partial charge in [-0.1, -0.05) is 35.1 Å². The summed E-state index contributed by atoms with van der Waals surface area (Å²) in [5.41, 5.74) is 3.10. The molecule has 2 aromatic rings. The summed E-state index contributed by atoms with van der Waals surface area (Å²) in [4.78, 5) is 11.1. The van der Waals surface area contributed by atoms with Crippen LogP contribution in [0.25, 0.3) is 11.3 Å². The number of nitrogens with zero attached hydrogens (tertiary/aromatic N) is 1. The Balaban J connectivity index is 2.05. The molecule has 0 aliphatic heterocycles. The van der Waals surface area contributed by atoms with E-state index in [0.717, 1.165) is 5.56 Å². The van der Waals surface area contributed by atoms with Gasteiger partial charge in [-0.15, -0.1) is 0 Å². The largest absolute Gasteiger partial charge is 0.455 e. The van der Waals surface area contributed by atoms with Crippen molar-refractivity contribution in [1.29, 1.82) is 0 Å². The van der Waals surface area contributed by atoms with Crippen LogP contribution in [0.15, 0.2) is 39.9 Å². The highest BCUT2D eigenvalue weighted by Gasteiger charge is 2.06. The second-order valence-electron chi connectivity index (χ2n) is 3.84. The van der Waals surface area contributed by atoms with Crippen molar-refractivity contribution in [2.45, 2.75) is 0 Å². The molecule has 0 unspecified atom stereocenters. The van der Waals surface area contributed by atoms with Crippen molar-refractivity contribution >= 4 is 47.4 Å². The van der Waals surface area contributed by atoms with E-state index in [1.807, 2.05) is 0 Å². The number of amides is 2. The second-order valence-corrected chi connectivity index (χ2v) is 5.26. The lowest BCUT2D eigenvalue weighted by Gasteiger charge is -1.99. The number of carbonyl (C=O) groups excluding carboxylic acids is 1. The van der Waals surface area contributed by atoms with Gasteiger partial charge in [0.15, 0.2) is 0 Å². The molecule has 0 spiro atoms. The van der Waals surface area contributed by atoms with Crippen molar-refractivity contribution in [3.63, 3.8) is 0 Å². The molecule has 5 nitrogen and oxygen atoms in total. The Morgan fingerprint density at radius 2 is 2.10 bits per heavy atom. The number of rotatable bonds is 4. The van der Waals surface area contributed by atoms with Gasteiger partial charge in [0.1, 0.15) is 11.5 Å². The van der Waals surface area contributed by atoms with Gasteiger partial charge in [-0.3, -0.25) is 4.72 Å². The van der Waals surface area contributed by atoms with Crippen molar-refractivity contribution in [2.75, 3.05) is 6.26 Å². The Morgan fingerprint density at radius 3 is 2.81 bits per heavy atom. The second kappa shape index (κ2) is 7.40. The Bertz CT molecular complexity index is 673. The maximum atomic E-state index is 11.1. The van der Waals surface area contributed by atoms with Crippen LogP contribution in [0, 0.1) is 0 Å². The maximum absolute atomic E-state index is 11.1. The molecule has 2 amide bonds. The van der Waals surface area contributed by atoms with E-state index in [0.29, 0.717) is 21.6 Å². The molecule has 0 bridgehead atoms. The van der Waals surface area contributed by atoms with E-state index in [9.17, 15) is 4.79 Å². The first kappa shape index (κ1) is 15.8. The zero-order chi connectivity index (χ0) is 15.2. The predicted molar refractivity (Wildman–Crippen MR) is 86.9 cm³/mol. The summed E-state index contributed by atoms with van der Waals surface area (Å²) in [5.74, 6) is 1.13. The minimum absolute atomic E-state index is 0.407. The molecule has 0 fully saturated rings. The lowest BCUT2D eigenvalue weighted by molar-refractivity contribution is 0.247. The van der Waals surface area contributed by atoms with Gasteiger partial charge in [-0.05, 0) is 30.3 Å². The first-order valence-electron chi connectivity index (χ1n) is 5.77. The third-order valence-corrected chi connectivity index (χ3v) is 3.51. The number of benzene rings is 1. The number of hydrogen-bond donors (Lipinski definition) is 2. The van der Waals surface area contributed by atoms with Crippen LogP contribution in [-0.2, 0) is 0 Å². The Labute approximate surface area is 135 Å². The highest BCUT2D eigenvalue weighted by Crippen LogP contribution is 2.29. The van der Waals surface area contributed by atoms with Crippen LogP contribution in [0.2, 0.25) is 10.0 Å². The number of hydrazone groups is 1. The van der Waals surface area contributed by atoms with E-state index in [1.165, 1.54) is 18.2 Å². The lowest BCUT2D eigenvalue weighted by atomic mass is 10.2. The number of carbonyl (C=O) groups is 1. The molecule has 110 valence electrons. The SMILES string of the molecule is CSNC(=O)N/N=C/c1ccc(-c2ccc(Cl)c(Cl)c2)o1. The summed E-state index contributed by atoms with van der Waals surface area (Å²) >= 11 is 13.0. The van der Waals surface area contributed by atoms with E-state index >= 15 is 0 Å². The summed E-state index contributed by atoms with van der Waals surface area (Å²) in [7, 11) is 0. The van der Waals surface area contributed by atoms with Crippen molar-refractivity contribution in [3.8, 4) is 11.3 Å². The zero-order valence-electron chi connectivity index (χ0n) is 10.9. The monoisotopic (exact) mass is 343 g/mol. The van der Waals surface area contributed by atoms with Gasteiger partial charge in [-0.2, -0.15) is 5.10 Å². The normalized spacial score (nSPS) is 10.8. The van der Waals surface area contributed by atoms with Gasteiger partial charge >= 0.3 is 6.03 Å². The standard InChI is InChI=1S/C13H11Cl2N3O2S/c1-21-18-13(19)17-16-7-9-3-5-12(20-9)8-2-4-10(14)11(15)6-8/h2-7H,1H3,(H2,17,18,19)/b16-7+. The topological polar surface area (TPSA) is 66.6 Å². The van der Waals surface area contributed by atoms with Gasteiger partial charge < -0.3 is 4.42 Å². The first-order chi connectivity index (χ1) is 10.1. The van der Waals surface area contributed by atoms with E-state index < -0.39 is 6.03 Å². The highest BCUT2D eigenvalue weighted by atomic mass is 35.5. The number of halogens is 2. The first-order valence-corrected chi connectivity index (χ1v) is 7.75. The highest BCUT2D eigenvalue weighted by molar-refractivity contribution is 7.97. The van der Waals surface area contributed by atoms with Crippen molar-refractivity contribution in [3.05, 3.63) is 46.1 Å². The lowest BCUT2D eigenvalue weighted by Crippen LogP contribution is -2.26. The van der Waals surface area contributed by atoms with Crippen molar-refractivity contribution < 1.29 is 9.21 Å². The summed E-state index contributed by atoms with van der Waals surface area (Å²) in [6.45, 7) is 0.